The minimum absolute atomic E-state index is 0.00685. The molecular weight excluding hydrogens is 400 g/mol. The van der Waals surface area contributed by atoms with Gasteiger partial charge in [-0.05, 0) is 58.2 Å². The summed E-state index contributed by atoms with van der Waals surface area (Å²) in [6.07, 6.45) is 3.30. The summed E-state index contributed by atoms with van der Waals surface area (Å²) in [5.41, 5.74) is 2.33. The minimum Gasteiger partial charge on any atom is -0.330 e. The summed E-state index contributed by atoms with van der Waals surface area (Å²) in [6.45, 7) is 16.9. The van der Waals surface area contributed by atoms with Crippen molar-refractivity contribution in [2.75, 3.05) is 18.4 Å². The molecule has 176 valence electrons. The van der Waals surface area contributed by atoms with Gasteiger partial charge in [-0.2, -0.15) is 5.10 Å². The third-order valence-electron chi connectivity index (χ3n) is 5.40. The van der Waals surface area contributed by atoms with E-state index in [9.17, 15) is 9.59 Å². The number of carbonyl (C=O) groups excluding carboxylic acids is 2. The fourth-order valence-corrected chi connectivity index (χ4v) is 3.41. The Hall–Kier alpha value is -2.63. The number of likely N-dealkylation sites (N-methyl/N-ethyl adjacent to an activating group) is 1. The normalized spacial score (nSPS) is 12.0. The van der Waals surface area contributed by atoms with E-state index in [1.54, 1.807) is 4.90 Å². The molecule has 6 heteroatoms. The van der Waals surface area contributed by atoms with Crippen molar-refractivity contribution < 1.29 is 9.59 Å². The summed E-state index contributed by atoms with van der Waals surface area (Å²) < 4.78 is 1.85. The molecule has 2 amide bonds. The molecule has 6 nitrogen and oxygen atoms in total. The van der Waals surface area contributed by atoms with Crippen molar-refractivity contribution in [3.05, 3.63) is 47.2 Å². The Bertz CT molecular complexity index is 915. The zero-order valence-electron chi connectivity index (χ0n) is 21.1. The van der Waals surface area contributed by atoms with Crippen molar-refractivity contribution in [3.63, 3.8) is 0 Å². The maximum absolute atomic E-state index is 13.0. The maximum atomic E-state index is 13.0. The zero-order chi connectivity index (χ0) is 24.1. The highest BCUT2D eigenvalue weighted by Crippen LogP contribution is 2.28. The number of hydrogen-bond acceptors (Lipinski definition) is 3. The van der Waals surface area contributed by atoms with Crippen LogP contribution in [0.3, 0.4) is 0 Å². The Labute approximate surface area is 193 Å². The van der Waals surface area contributed by atoms with Gasteiger partial charge >= 0.3 is 0 Å². The van der Waals surface area contributed by atoms with Crippen LogP contribution in [0.15, 0.2) is 30.3 Å². The van der Waals surface area contributed by atoms with E-state index in [-0.39, 0.29) is 29.3 Å². The number of unbranched alkanes of at least 4 members (excludes halogenated alkanes) is 1. The molecule has 1 aromatic heterocycles. The monoisotopic (exact) mass is 440 g/mol. The molecule has 0 spiro atoms. The second-order valence-corrected chi connectivity index (χ2v) is 10.4. The number of anilines is 1. The van der Waals surface area contributed by atoms with E-state index in [1.807, 2.05) is 62.7 Å². The highest BCUT2D eigenvalue weighted by Gasteiger charge is 2.26. The molecule has 1 heterocycles. The minimum atomic E-state index is -0.286. The SMILES string of the molecule is CCCCc1ccc(C(=O)N(CC)CC(=O)Nc2cc(C(C)(C)C)nn2C(C)(C)C)cc1. The van der Waals surface area contributed by atoms with Gasteiger partial charge in [0.2, 0.25) is 5.91 Å². The number of aromatic nitrogens is 2. The number of rotatable bonds is 8. The molecule has 0 radical (unpaired) electrons. The molecule has 0 aliphatic carbocycles. The molecule has 0 atom stereocenters. The summed E-state index contributed by atoms with van der Waals surface area (Å²) >= 11 is 0. The summed E-state index contributed by atoms with van der Waals surface area (Å²) in [4.78, 5) is 27.4. The van der Waals surface area contributed by atoms with Crippen molar-refractivity contribution in [2.24, 2.45) is 0 Å². The van der Waals surface area contributed by atoms with Gasteiger partial charge in [0.05, 0.1) is 11.2 Å². The Morgan fingerprint density at radius 1 is 1.03 bits per heavy atom. The Kier molecular flexibility index (Phi) is 8.27. The lowest BCUT2D eigenvalue weighted by molar-refractivity contribution is -0.116. The van der Waals surface area contributed by atoms with Gasteiger partial charge in [-0.15, -0.1) is 0 Å². The maximum Gasteiger partial charge on any atom is 0.254 e. The van der Waals surface area contributed by atoms with Crippen molar-refractivity contribution in [1.82, 2.24) is 14.7 Å². The zero-order valence-corrected chi connectivity index (χ0v) is 21.1. The first kappa shape index (κ1) is 25.6. The van der Waals surface area contributed by atoms with E-state index in [2.05, 4.69) is 33.0 Å². The van der Waals surface area contributed by atoms with Crippen LogP contribution >= 0.6 is 0 Å². The van der Waals surface area contributed by atoms with Crippen LogP contribution in [0.25, 0.3) is 0 Å². The Morgan fingerprint density at radius 2 is 1.66 bits per heavy atom. The molecule has 1 N–H and O–H groups in total. The lowest BCUT2D eigenvalue weighted by atomic mass is 9.92. The number of hydrogen-bond donors (Lipinski definition) is 1. The van der Waals surface area contributed by atoms with Gasteiger partial charge in [-0.3, -0.25) is 9.59 Å². The van der Waals surface area contributed by atoms with E-state index in [0.29, 0.717) is 17.9 Å². The van der Waals surface area contributed by atoms with Crippen LogP contribution in [0.2, 0.25) is 0 Å². The molecule has 0 saturated carbocycles. The Morgan fingerprint density at radius 3 is 2.16 bits per heavy atom. The average Bonchev–Trinajstić information content (AvgIpc) is 3.15. The van der Waals surface area contributed by atoms with E-state index in [4.69, 9.17) is 5.10 Å². The second kappa shape index (κ2) is 10.3. The number of carbonyl (C=O) groups is 2. The lowest BCUT2D eigenvalue weighted by Gasteiger charge is -2.24. The molecular formula is C26H40N4O2. The molecule has 0 aliphatic heterocycles. The number of nitrogens with one attached hydrogen (secondary N) is 1. The molecule has 1 aromatic carbocycles. The van der Waals surface area contributed by atoms with Crippen molar-refractivity contribution >= 4 is 17.6 Å². The van der Waals surface area contributed by atoms with E-state index in [0.717, 1.165) is 25.0 Å². The largest absolute Gasteiger partial charge is 0.330 e. The fraction of sp³-hybridized carbons (Fsp3) is 0.577. The standard InChI is InChI=1S/C26H40N4O2/c1-9-11-12-19-13-15-20(16-14-19)24(32)29(10-2)18-23(31)27-22-17-21(25(3,4)5)28-30(22)26(6,7)8/h13-17H,9-12,18H2,1-8H3,(H,27,31). The molecule has 0 saturated heterocycles. The van der Waals surface area contributed by atoms with Crippen LogP contribution < -0.4 is 5.32 Å². The van der Waals surface area contributed by atoms with Crippen molar-refractivity contribution in [3.8, 4) is 0 Å². The molecule has 0 aliphatic rings. The number of nitrogens with zero attached hydrogens (tertiary/aromatic N) is 3. The molecule has 32 heavy (non-hydrogen) atoms. The van der Waals surface area contributed by atoms with E-state index < -0.39 is 0 Å². The molecule has 2 rings (SSSR count). The second-order valence-electron chi connectivity index (χ2n) is 10.4. The topological polar surface area (TPSA) is 67.2 Å². The summed E-state index contributed by atoms with van der Waals surface area (Å²) in [5.74, 6) is 0.284. The smallest absolute Gasteiger partial charge is 0.254 e. The van der Waals surface area contributed by atoms with E-state index in [1.165, 1.54) is 5.56 Å². The van der Waals surface area contributed by atoms with Crippen LogP contribution in [0.4, 0.5) is 5.82 Å². The van der Waals surface area contributed by atoms with Crippen molar-refractivity contribution in [2.45, 2.75) is 85.6 Å². The predicted molar refractivity (Wildman–Crippen MR) is 131 cm³/mol. The molecule has 2 aromatic rings. The highest BCUT2D eigenvalue weighted by atomic mass is 16.2. The first-order chi connectivity index (χ1) is 14.9. The summed E-state index contributed by atoms with van der Waals surface area (Å²) in [6, 6.07) is 9.66. The first-order valence-electron chi connectivity index (χ1n) is 11.7. The third kappa shape index (κ3) is 6.68. The van der Waals surface area contributed by atoms with Crippen molar-refractivity contribution in [1.29, 1.82) is 0 Å². The van der Waals surface area contributed by atoms with Crippen LogP contribution in [0.1, 0.15) is 89.8 Å². The van der Waals surface area contributed by atoms with E-state index >= 15 is 0 Å². The first-order valence-corrected chi connectivity index (χ1v) is 11.7. The summed E-state index contributed by atoms with van der Waals surface area (Å²) in [5, 5.41) is 7.72. The predicted octanol–water partition coefficient (Wildman–Crippen LogP) is 5.38. The quantitative estimate of drug-likeness (QED) is 0.599. The van der Waals surface area contributed by atoms with Gasteiger partial charge in [0.1, 0.15) is 12.4 Å². The summed E-state index contributed by atoms with van der Waals surface area (Å²) in [7, 11) is 0. The van der Waals surface area contributed by atoms with Crippen LogP contribution in [0.5, 0.6) is 0 Å². The number of amides is 2. The van der Waals surface area contributed by atoms with Gasteiger partial charge < -0.3 is 10.2 Å². The fourth-order valence-electron chi connectivity index (χ4n) is 3.41. The molecule has 0 unspecified atom stereocenters. The number of aryl methyl sites for hydroxylation is 1. The lowest BCUT2D eigenvalue weighted by Crippen LogP contribution is -2.38. The molecule has 0 bridgehead atoms. The number of benzene rings is 1. The average molecular weight is 441 g/mol. The van der Waals surface area contributed by atoms with Crippen LogP contribution in [-0.2, 0) is 22.2 Å². The van der Waals surface area contributed by atoms with Gasteiger partial charge in [0.25, 0.3) is 5.91 Å². The third-order valence-corrected chi connectivity index (χ3v) is 5.40. The van der Waals surface area contributed by atoms with Gasteiger partial charge in [-0.25, -0.2) is 4.68 Å². The van der Waals surface area contributed by atoms with Gasteiger partial charge in [-0.1, -0.05) is 46.2 Å². The van der Waals surface area contributed by atoms with Crippen LogP contribution in [-0.4, -0.2) is 39.6 Å². The Balaban J connectivity index is 2.14. The van der Waals surface area contributed by atoms with Crippen LogP contribution in [0, 0.1) is 0 Å². The van der Waals surface area contributed by atoms with Gasteiger partial charge in [0, 0.05) is 23.6 Å². The van der Waals surface area contributed by atoms with Gasteiger partial charge in [0.15, 0.2) is 0 Å². The highest BCUT2D eigenvalue weighted by molar-refractivity contribution is 5.99. The molecule has 0 fully saturated rings.